The Bertz CT molecular complexity index is 564. The Morgan fingerprint density at radius 3 is 2.21 bits per heavy atom. The molecule has 0 amide bonds. The zero-order valence-electron chi connectivity index (χ0n) is 9.76. The molecule has 0 spiro atoms. The second kappa shape index (κ2) is 5.93. The van der Waals surface area contributed by atoms with Crippen LogP contribution in [0.4, 0.5) is 18.9 Å². The van der Waals surface area contributed by atoms with Crippen LogP contribution in [0.5, 0.6) is 0 Å². The summed E-state index contributed by atoms with van der Waals surface area (Å²) in [6.45, 7) is 0. The Labute approximate surface area is 113 Å². The fraction of sp³-hybridized carbons (Fsp3) is 0.0714. The topological polar surface area (TPSA) is 12.4 Å². The van der Waals surface area contributed by atoms with Gasteiger partial charge in [-0.2, -0.15) is 13.2 Å². The average Bonchev–Trinajstić information content (AvgIpc) is 2.37. The third kappa shape index (κ3) is 4.44. The predicted molar refractivity (Wildman–Crippen MR) is 72.1 cm³/mol. The van der Waals surface area contributed by atoms with Crippen molar-refractivity contribution in [1.29, 1.82) is 0 Å². The van der Waals surface area contributed by atoms with Crippen LogP contribution in [-0.2, 0) is 0 Å². The molecule has 19 heavy (non-hydrogen) atoms. The molecule has 2 aromatic carbocycles. The maximum atomic E-state index is 12.4. The van der Waals surface area contributed by atoms with E-state index in [4.69, 9.17) is 0 Å². The number of hydrogen-bond acceptors (Lipinski definition) is 2. The number of halogens is 3. The molecule has 0 aliphatic rings. The van der Waals surface area contributed by atoms with Gasteiger partial charge in [-0.1, -0.05) is 36.4 Å². The van der Waals surface area contributed by atoms with Gasteiger partial charge in [0.1, 0.15) is 0 Å². The lowest BCUT2D eigenvalue weighted by Gasteiger charge is -2.07. The van der Waals surface area contributed by atoms with Crippen molar-refractivity contribution in [2.45, 2.75) is 10.4 Å². The molecule has 0 N–H and O–H groups in total. The molecule has 0 fully saturated rings. The summed E-state index contributed by atoms with van der Waals surface area (Å²) in [5.41, 5.74) is -3.14. The van der Waals surface area contributed by atoms with Gasteiger partial charge in [-0.15, -0.1) is 0 Å². The van der Waals surface area contributed by atoms with Gasteiger partial charge < -0.3 is 0 Å². The monoisotopic (exact) mass is 281 g/mol. The Balaban J connectivity index is 2.23. The average molecular weight is 281 g/mol. The maximum Gasteiger partial charge on any atom is 0.446 e. The van der Waals surface area contributed by atoms with Crippen molar-refractivity contribution in [3.05, 3.63) is 60.2 Å². The maximum absolute atomic E-state index is 12.4. The zero-order chi connectivity index (χ0) is 13.7. The van der Waals surface area contributed by atoms with Gasteiger partial charge in [-0.25, -0.2) is 0 Å². The van der Waals surface area contributed by atoms with Gasteiger partial charge in [-0.3, -0.25) is 4.99 Å². The van der Waals surface area contributed by atoms with Crippen LogP contribution < -0.4 is 0 Å². The first kappa shape index (κ1) is 13.7. The first-order valence-electron chi connectivity index (χ1n) is 5.48. The molecular formula is C14H10F3NS. The number of hydrogen-bond donors (Lipinski definition) is 0. The molecule has 2 aromatic rings. The summed E-state index contributed by atoms with van der Waals surface area (Å²) >= 11 is -0.129. The van der Waals surface area contributed by atoms with E-state index in [9.17, 15) is 13.2 Å². The summed E-state index contributed by atoms with van der Waals surface area (Å²) < 4.78 is 37.2. The van der Waals surface area contributed by atoms with E-state index in [0.717, 1.165) is 0 Å². The van der Waals surface area contributed by atoms with Crippen LogP contribution in [0.3, 0.4) is 0 Å². The number of nitrogens with zero attached hydrogens (tertiary/aromatic N) is 1. The molecule has 0 atom stereocenters. The summed E-state index contributed by atoms with van der Waals surface area (Å²) in [6.07, 6.45) is 1.45. The quantitative estimate of drug-likeness (QED) is 0.566. The van der Waals surface area contributed by atoms with Crippen LogP contribution in [0.15, 0.2) is 64.5 Å². The van der Waals surface area contributed by atoms with E-state index < -0.39 is 5.51 Å². The smallest absolute Gasteiger partial charge is 0.256 e. The van der Waals surface area contributed by atoms with E-state index in [2.05, 4.69) is 4.99 Å². The van der Waals surface area contributed by atoms with E-state index in [0.29, 0.717) is 11.3 Å². The highest BCUT2D eigenvalue weighted by Crippen LogP contribution is 2.38. The molecule has 2 rings (SSSR count). The summed E-state index contributed by atoms with van der Waals surface area (Å²) in [5, 5.41) is 0. The lowest BCUT2D eigenvalue weighted by atomic mass is 10.2. The third-order valence-electron chi connectivity index (χ3n) is 2.25. The third-order valence-corrected chi connectivity index (χ3v) is 3.08. The summed E-state index contributed by atoms with van der Waals surface area (Å²) in [5.74, 6) is 0. The van der Waals surface area contributed by atoms with E-state index in [-0.39, 0.29) is 16.7 Å². The largest absolute Gasteiger partial charge is 0.446 e. The summed E-state index contributed by atoms with van der Waals surface area (Å²) in [6, 6.07) is 15.4. The number of para-hydroxylation sites is 1. The summed E-state index contributed by atoms with van der Waals surface area (Å²) in [7, 11) is 0. The number of alkyl halides is 3. The second-order valence-electron chi connectivity index (χ2n) is 3.68. The van der Waals surface area contributed by atoms with Crippen LogP contribution in [0, 0.1) is 0 Å². The first-order valence-corrected chi connectivity index (χ1v) is 6.30. The fourth-order valence-electron chi connectivity index (χ4n) is 1.46. The van der Waals surface area contributed by atoms with Crippen LogP contribution in [0.25, 0.3) is 0 Å². The van der Waals surface area contributed by atoms with Crippen molar-refractivity contribution in [2.24, 2.45) is 4.99 Å². The number of aliphatic imine (C=N–C) groups is 1. The molecule has 1 nitrogen and oxygen atoms in total. The van der Waals surface area contributed by atoms with Crippen molar-refractivity contribution >= 4 is 23.7 Å². The van der Waals surface area contributed by atoms with Crippen molar-refractivity contribution in [3.63, 3.8) is 0 Å². The molecule has 5 heteroatoms. The Morgan fingerprint density at radius 1 is 0.895 bits per heavy atom. The Hall–Kier alpha value is -1.75. The standard InChI is InChI=1S/C14H10F3NS/c15-14(16,17)19-13-9-5-4-6-11(13)10-18-12-7-2-1-3-8-12/h1-10H. The molecule has 0 aliphatic heterocycles. The van der Waals surface area contributed by atoms with Gasteiger partial charge in [0.05, 0.1) is 5.69 Å². The molecule has 98 valence electrons. The normalized spacial score (nSPS) is 11.9. The second-order valence-corrected chi connectivity index (χ2v) is 4.79. The van der Waals surface area contributed by atoms with E-state index >= 15 is 0 Å². The Kier molecular flexibility index (Phi) is 4.27. The Morgan fingerprint density at radius 2 is 1.53 bits per heavy atom. The molecule has 0 unspecified atom stereocenters. The minimum absolute atomic E-state index is 0.129. The van der Waals surface area contributed by atoms with Gasteiger partial charge in [-0.05, 0) is 30.0 Å². The van der Waals surface area contributed by atoms with Crippen molar-refractivity contribution < 1.29 is 13.2 Å². The van der Waals surface area contributed by atoms with E-state index in [1.165, 1.54) is 12.3 Å². The molecule has 0 aromatic heterocycles. The van der Waals surface area contributed by atoms with E-state index in [1.807, 2.05) is 18.2 Å². The fourth-order valence-corrected chi connectivity index (χ4v) is 2.10. The van der Waals surface area contributed by atoms with Crippen LogP contribution in [0.1, 0.15) is 5.56 Å². The summed E-state index contributed by atoms with van der Waals surface area (Å²) in [4.78, 5) is 4.31. The molecule has 0 bridgehead atoms. The van der Waals surface area contributed by atoms with Crippen LogP contribution in [-0.4, -0.2) is 11.7 Å². The minimum atomic E-state index is -4.29. The van der Waals surface area contributed by atoms with Crippen molar-refractivity contribution in [2.75, 3.05) is 0 Å². The van der Waals surface area contributed by atoms with Gasteiger partial charge in [0.15, 0.2) is 0 Å². The van der Waals surface area contributed by atoms with Gasteiger partial charge in [0.25, 0.3) is 0 Å². The van der Waals surface area contributed by atoms with Gasteiger partial charge in [0, 0.05) is 16.7 Å². The molecule has 0 aliphatic carbocycles. The van der Waals surface area contributed by atoms with Gasteiger partial charge in [0.2, 0.25) is 0 Å². The molecule has 0 saturated carbocycles. The predicted octanol–water partition coefficient (Wildman–Crippen LogP) is 5.05. The SMILES string of the molecule is FC(F)(F)Sc1ccccc1C=Nc1ccccc1. The zero-order valence-corrected chi connectivity index (χ0v) is 10.6. The molecule has 0 saturated heterocycles. The van der Waals surface area contributed by atoms with Crippen molar-refractivity contribution in [3.8, 4) is 0 Å². The molecular weight excluding hydrogens is 271 g/mol. The highest BCUT2D eigenvalue weighted by Gasteiger charge is 2.29. The van der Waals surface area contributed by atoms with E-state index in [1.54, 1.807) is 30.3 Å². The lowest BCUT2D eigenvalue weighted by molar-refractivity contribution is -0.0328. The van der Waals surface area contributed by atoms with Gasteiger partial charge >= 0.3 is 5.51 Å². The first-order chi connectivity index (χ1) is 9.04. The van der Waals surface area contributed by atoms with Crippen molar-refractivity contribution in [1.82, 2.24) is 0 Å². The highest BCUT2D eigenvalue weighted by molar-refractivity contribution is 8.00. The van der Waals surface area contributed by atoms with Crippen LogP contribution in [0.2, 0.25) is 0 Å². The number of benzene rings is 2. The number of thioether (sulfide) groups is 1. The molecule has 0 heterocycles. The highest BCUT2D eigenvalue weighted by atomic mass is 32.2. The van der Waals surface area contributed by atoms with Crippen LogP contribution >= 0.6 is 11.8 Å². The number of rotatable bonds is 3. The minimum Gasteiger partial charge on any atom is -0.256 e. The lowest BCUT2D eigenvalue weighted by Crippen LogP contribution is -2.00. The molecule has 0 radical (unpaired) electrons.